The number of ether oxygens (including phenoxy) is 1. The summed E-state index contributed by atoms with van der Waals surface area (Å²) in [6.07, 6.45) is -3.94. The molecule has 0 radical (unpaired) electrons. The fraction of sp³-hybridized carbons (Fsp3) is 0.778. The molecule has 5 nitrogen and oxygen atoms in total. The highest BCUT2D eigenvalue weighted by Gasteiger charge is 2.30. The molecule has 1 aromatic rings. The first-order chi connectivity index (χ1) is 7.98. The van der Waals surface area contributed by atoms with Crippen molar-refractivity contribution in [3.8, 4) is 0 Å². The van der Waals surface area contributed by atoms with Crippen molar-refractivity contribution in [2.75, 3.05) is 20.8 Å². The monoisotopic (exact) mass is 252 g/mol. The Balaban J connectivity index is 2.87. The summed E-state index contributed by atoms with van der Waals surface area (Å²) < 4.78 is 42.7. The van der Waals surface area contributed by atoms with Gasteiger partial charge in [0.1, 0.15) is 6.54 Å². The number of rotatable bonds is 6. The largest absolute Gasteiger partial charge is 0.408 e. The van der Waals surface area contributed by atoms with Gasteiger partial charge in [0, 0.05) is 20.1 Å². The van der Waals surface area contributed by atoms with Gasteiger partial charge in [-0.3, -0.25) is 0 Å². The second kappa shape index (κ2) is 5.97. The van der Waals surface area contributed by atoms with Crippen LogP contribution in [0.4, 0.5) is 13.2 Å². The van der Waals surface area contributed by atoms with Crippen LogP contribution in [-0.4, -0.2) is 41.9 Å². The smallest absolute Gasteiger partial charge is 0.384 e. The molecule has 0 aliphatic rings. The zero-order valence-corrected chi connectivity index (χ0v) is 9.71. The summed E-state index contributed by atoms with van der Waals surface area (Å²) in [4.78, 5) is 0. The molecule has 0 fully saturated rings. The van der Waals surface area contributed by atoms with Crippen LogP contribution in [0.3, 0.4) is 0 Å². The van der Waals surface area contributed by atoms with Crippen LogP contribution in [0.1, 0.15) is 11.4 Å². The van der Waals surface area contributed by atoms with Gasteiger partial charge < -0.3 is 10.1 Å². The quantitative estimate of drug-likeness (QED) is 0.811. The summed E-state index contributed by atoms with van der Waals surface area (Å²) in [5.41, 5.74) is 0.979. The molecular weight excluding hydrogens is 237 g/mol. The van der Waals surface area contributed by atoms with Gasteiger partial charge in [-0.2, -0.15) is 13.2 Å². The molecule has 1 aromatic heterocycles. The minimum atomic E-state index is -4.30. The van der Waals surface area contributed by atoms with Gasteiger partial charge in [-0.05, 0) is 7.05 Å². The third-order valence-corrected chi connectivity index (χ3v) is 2.13. The highest BCUT2D eigenvalue weighted by atomic mass is 19.4. The van der Waals surface area contributed by atoms with Crippen LogP contribution in [0.25, 0.3) is 0 Å². The SMILES string of the molecule is CNCc1nnn(CC(F)(F)F)c1CCOC. The van der Waals surface area contributed by atoms with Crippen molar-refractivity contribution >= 4 is 0 Å². The summed E-state index contributed by atoms with van der Waals surface area (Å²) in [7, 11) is 3.19. The minimum absolute atomic E-state index is 0.335. The van der Waals surface area contributed by atoms with E-state index in [1.807, 2.05) is 0 Å². The number of hydrogen-bond donors (Lipinski definition) is 1. The van der Waals surface area contributed by atoms with Crippen LogP contribution in [0.5, 0.6) is 0 Å². The number of methoxy groups -OCH3 is 1. The Labute approximate surface area is 96.9 Å². The molecule has 0 spiro atoms. The molecule has 0 atom stereocenters. The van der Waals surface area contributed by atoms with E-state index in [2.05, 4.69) is 15.6 Å². The van der Waals surface area contributed by atoms with E-state index in [1.165, 1.54) is 7.11 Å². The average Bonchev–Trinajstić information content (AvgIpc) is 2.56. The molecule has 0 unspecified atom stereocenters. The number of alkyl halides is 3. The van der Waals surface area contributed by atoms with Crippen LogP contribution in [0, 0.1) is 0 Å². The topological polar surface area (TPSA) is 52.0 Å². The lowest BCUT2D eigenvalue weighted by Crippen LogP contribution is -2.21. The Kier molecular flexibility index (Phi) is 4.88. The van der Waals surface area contributed by atoms with Gasteiger partial charge in [-0.15, -0.1) is 5.10 Å². The van der Waals surface area contributed by atoms with Crippen LogP contribution in [0.15, 0.2) is 0 Å². The normalized spacial score (nSPS) is 12.1. The highest BCUT2D eigenvalue weighted by molar-refractivity contribution is 5.10. The zero-order valence-electron chi connectivity index (χ0n) is 9.71. The molecule has 1 N–H and O–H groups in total. The number of hydrogen-bond acceptors (Lipinski definition) is 4. The molecular formula is C9H15F3N4O. The van der Waals surface area contributed by atoms with Gasteiger partial charge in [0.05, 0.1) is 18.0 Å². The fourth-order valence-corrected chi connectivity index (χ4v) is 1.44. The molecule has 98 valence electrons. The molecule has 0 saturated carbocycles. The number of halogens is 3. The molecule has 0 aliphatic heterocycles. The average molecular weight is 252 g/mol. The summed E-state index contributed by atoms with van der Waals surface area (Å²) in [6.45, 7) is -0.401. The van der Waals surface area contributed by atoms with E-state index in [1.54, 1.807) is 7.05 Å². The first kappa shape index (κ1) is 13.9. The van der Waals surface area contributed by atoms with Crippen molar-refractivity contribution in [3.05, 3.63) is 11.4 Å². The van der Waals surface area contributed by atoms with E-state index in [0.717, 1.165) is 4.68 Å². The van der Waals surface area contributed by atoms with Gasteiger partial charge in [0.15, 0.2) is 0 Å². The van der Waals surface area contributed by atoms with E-state index in [9.17, 15) is 13.2 Å². The van der Waals surface area contributed by atoms with Crippen LogP contribution in [0.2, 0.25) is 0 Å². The summed E-state index contributed by atoms with van der Waals surface area (Å²) in [6, 6.07) is 0. The predicted octanol–water partition coefficient (Wildman–Crippen LogP) is 0.749. The third-order valence-electron chi connectivity index (χ3n) is 2.13. The van der Waals surface area contributed by atoms with Crippen molar-refractivity contribution < 1.29 is 17.9 Å². The van der Waals surface area contributed by atoms with Gasteiger partial charge in [-0.25, -0.2) is 4.68 Å². The predicted molar refractivity (Wildman–Crippen MR) is 54.4 cm³/mol. The molecule has 0 aliphatic carbocycles. The molecule has 0 bridgehead atoms. The maximum absolute atomic E-state index is 12.3. The zero-order chi connectivity index (χ0) is 12.9. The van der Waals surface area contributed by atoms with E-state index in [4.69, 9.17) is 4.74 Å². The maximum Gasteiger partial charge on any atom is 0.408 e. The molecule has 8 heteroatoms. The minimum Gasteiger partial charge on any atom is -0.384 e. The fourth-order valence-electron chi connectivity index (χ4n) is 1.44. The van der Waals surface area contributed by atoms with E-state index in [-0.39, 0.29) is 0 Å². The number of nitrogens with zero attached hydrogens (tertiary/aromatic N) is 3. The molecule has 17 heavy (non-hydrogen) atoms. The summed E-state index contributed by atoms with van der Waals surface area (Å²) in [5.74, 6) is 0. The van der Waals surface area contributed by atoms with E-state index < -0.39 is 12.7 Å². The van der Waals surface area contributed by atoms with Crippen LogP contribution >= 0.6 is 0 Å². The molecule has 0 saturated heterocycles. The van der Waals surface area contributed by atoms with Gasteiger partial charge in [-0.1, -0.05) is 5.21 Å². The van der Waals surface area contributed by atoms with Gasteiger partial charge >= 0.3 is 6.18 Å². The molecule has 1 heterocycles. The Bertz CT molecular complexity index is 351. The standard InChI is InChI=1S/C9H15F3N4O/c1-13-5-7-8(3-4-17-2)16(15-14-7)6-9(10,11)12/h13H,3-6H2,1-2H3. The van der Waals surface area contributed by atoms with Crippen LogP contribution in [-0.2, 0) is 24.2 Å². The Morgan fingerprint density at radius 2 is 2.12 bits per heavy atom. The van der Waals surface area contributed by atoms with Gasteiger partial charge in [0.2, 0.25) is 0 Å². The van der Waals surface area contributed by atoms with Crippen molar-refractivity contribution in [1.29, 1.82) is 0 Å². The van der Waals surface area contributed by atoms with Crippen LogP contribution < -0.4 is 5.32 Å². The Morgan fingerprint density at radius 1 is 1.41 bits per heavy atom. The lowest BCUT2D eigenvalue weighted by atomic mass is 10.2. The lowest BCUT2D eigenvalue weighted by molar-refractivity contribution is -0.143. The number of aromatic nitrogens is 3. The molecule has 1 rings (SSSR count). The van der Waals surface area contributed by atoms with E-state index >= 15 is 0 Å². The molecule has 0 amide bonds. The highest BCUT2D eigenvalue weighted by Crippen LogP contribution is 2.19. The van der Waals surface area contributed by atoms with Gasteiger partial charge in [0.25, 0.3) is 0 Å². The van der Waals surface area contributed by atoms with Crippen molar-refractivity contribution in [3.63, 3.8) is 0 Å². The summed E-state index contributed by atoms with van der Waals surface area (Å²) >= 11 is 0. The van der Waals surface area contributed by atoms with Crippen molar-refractivity contribution in [2.45, 2.75) is 25.7 Å². The third kappa shape index (κ3) is 4.31. The Morgan fingerprint density at radius 3 is 2.65 bits per heavy atom. The Hall–Kier alpha value is -1.15. The second-order valence-corrected chi connectivity index (χ2v) is 3.53. The summed E-state index contributed by atoms with van der Waals surface area (Å²) in [5, 5.41) is 10.1. The van der Waals surface area contributed by atoms with Crippen molar-refractivity contribution in [1.82, 2.24) is 20.3 Å². The maximum atomic E-state index is 12.3. The first-order valence-electron chi connectivity index (χ1n) is 5.09. The lowest BCUT2D eigenvalue weighted by Gasteiger charge is -2.10. The first-order valence-corrected chi connectivity index (χ1v) is 5.09. The number of nitrogens with one attached hydrogen (secondary N) is 1. The second-order valence-electron chi connectivity index (χ2n) is 3.53. The molecule has 0 aromatic carbocycles. The van der Waals surface area contributed by atoms with Crippen molar-refractivity contribution in [2.24, 2.45) is 0 Å². The van der Waals surface area contributed by atoms with E-state index in [0.29, 0.717) is 31.0 Å².